The molecule has 0 aliphatic carbocycles. The number of nitrogens with one attached hydrogen (secondary N) is 1. The van der Waals surface area contributed by atoms with Gasteiger partial charge in [0.2, 0.25) is 5.95 Å². The van der Waals surface area contributed by atoms with E-state index in [1.165, 1.54) is 0 Å². The predicted molar refractivity (Wildman–Crippen MR) is 105 cm³/mol. The maximum atomic E-state index is 11.7. The Morgan fingerprint density at radius 1 is 1.30 bits per heavy atom. The van der Waals surface area contributed by atoms with E-state index in [0.29, 0.717) is 24.7 Å². The highest BCUT2D eigenvalue weighted by Crippen LogP contribution is 2.23. The first-order valence-corrected chi connectivity index (χ1v) is 9.17. The Morgan fingerprint density at radius 2 is 2.07 bits per heavy atom. The van der Waals surface area contributed by atoms with Gasteiger partial charge in [-0.1, -0.05) is 24.3 Å². The monoisotopic (exact) mass is 367 g/mol. The molecule has 1 aliphatic rings. The lowest BCUT2D eigenvalue weighted by Gasteiger charge is -2.16. The maximum absolute atomic E-state index is 11.7. The Morgan fingerprint density at radius 3 is 2.74 bits per heavy atom. The summed E-state index contributed by atoms with van der Waals surface area (Å²) >= 11 is 0. The Kier molecular flexibility index (Phi) is 6.13. The third-order valence-corrected chi connectivity index (χ3v) is 4.81. The van der Waals surface area contributed by atoms with Crippen molar-refractivity contribution in [3.05, 3.63) is 42.2 Å². The molecule has 1 aliphatic heterocycles. The van der Waals surface area contributed by atoms with E-state index in [9.17, 15) is 9.90 Å². The highest BCUT2D eigenvalue weighted by molar-refractivity contribution is 5.98. The first kappa shape index (κ1) is 19.0. The molecule has 27 heavy (non-hydrogen) atoms. The number of hydrogen-bond acceptors (Lipinski definition) is 6. The molecule has 0 saturated carbocycles. The molecule has 1 aromatic carbocycles. The zero-order valence-electron chi connectivity index (χ0n) is 15.3. The van der Waals surface area contributed by atoms with Crippen LogP contribution in [0.15, 0.2) is 36.7 Å². The number of nitrogens with two attached hydrogens (primary N) is 1. The van der Waals surface area contributed by atoms with E-state index >= 15 is 0 Å². The van der Waals surface area contributed by atoms with Crippen LogP contribution in [-0.4, -0.2) is 46.4 Å². The van der Waals surface area contributed by atoms with E-state index in [1.54, 1.807) is 0 Å². The Hall–Kier alpha value is -2.80. The number of ketones is 1. The quantitative estimate of drug-likeness (QED) is 0.484. The second-order valence-corrected chi connectivity index (χ2v) is 7.00. The minimum atomic E-state index is -0.0886. The normalized spacial score (nSPS) is 16.5. The number of carbonyl (C=O) groups excluding carboxylic acids is 1. The average molecular weight is 367 g/mol. The van der Waals surface area contributed by atoms with E-state index < -0.39 is 0 Å². The molecule has 7 nitrogen and oxygen atoms in total. The van der Waals surface area contributed by atoms with E-state index in [4.69, 9.17) is 11.1 Å². The van der Waals surface area contributed by atoms with Crippen LogP contribution in [0, 0.1) is 11.3 Å². The molecular formula is C20H25N5O2. The van der Waals surface area contributed by atoms with E-state index in [-0.39, 0.29) is 24.6 Å². The molecule has 1 fully saturated rings. The summed E-state index contributed by atoms with van der Waals surface area (Å²) in [6.45, 7) is 1.87. The first-order valence-electron chi connectivity index (χ1n) is 9.17. The topological polar surface area (TPSA) is 116 Å². The van der Waals surface area contributed by atoms with Gasteiger partial charge in [-0.25, -0.2) is 9.97 Å². The van der Waals surface area contributed by atoms with Gasteiger partial charge in [-0.05, 0) is 24.0 Å². The fraction of sp³-hybridized carbons (Fsp3) is 0.400. The van der Waals surface area contributed by atoms with Crippen LogP contribution in [0.2, 0.25) is 0 Å². The van der Waals surface area contributed by atoms with Crippen molar-refractivity contribution in [3.63, 3.8) is 0 Å². The second-order valence-electron chi connectivity index (χ2n) is 7.00. The van der Waals surface area contributed by atoms with Gasteiger partial charge in [0.15, 0.2) is 0 Å². The van der Waals surface area contributed by atoms with Gasteiger partial charge in [0.25, 0.3) is 0 Å². The first-order chi connectivity index (χ1) is 13.0. The van der Waals surface area contributed by atoms with Gasteiger partial charge in [0, 0.05) is 50.0 Å². The number of amidine groups is 1. The molecule has 1 aromatic heterocycles. The molecule has 7 heteroatoms. The van der Waals surface area contributed by atoms with Crippen LogP contribution in [0.25, 0.3) is 11.1 Å². The minimum Gasteiger partial charge on any atom is -0.396 e. The zero-order chi connectivity index (χ0) is 19.2. The molecule has 0 spiro atoms. The molecule has 1 atom stereocenters. The van der Waals surface area contributed by atoms with Crippen LogP contribution in [-0.2, 0) is 11.2 Å². The summed E-state index contributed by atoms with van der Waals surface area (Å²) < 4.78 is 0. The Balaban J connectivity index is 1.64. The van der Waals surface area contributed by atoms with Crippen molar-refractivity contribution in [2.45, 2.75) is 25.7 Å². The largest absolute Gasteiger partial charge is 0.396 e. The van der Waals surface area contributed by atoms with Gasteiger partial charge < -0.3 is 15.7 Å². The summed E-state index contributed by atoms with van der Waals surface area (Å²) in [4.78, 5) is 22.8. The van der Waals surface area contributed by atoms with Gasteiger partial charge in [-0.15, -0.1) is 0 Å². The molecule has 3 rings (SSSR count). The van der Waals surface area contributed by atoms with Crippen LogP contribution in [0.5, 0.6) is 0 Å². The van der Waals surface area contributed by atoms with Crippen molar-refractivity contribution in [1.29, 1.82) is 5.41 Å². The third kappa shape index (κ3) is 5.10. The number of aryl methyl sites for hydroxylation is 1. The van der Waals surface area contributed by atoms with Crippen molar-refractivity contribution in [3.8, 4) is 11.1 Å². The molecule has 2 heterocycles. The van der Waals surface area contributed by atoms with Gasteiger partial charge in [0.1, 0.15) is 5.78 Å². The standard InChI is InChI=1S/C20H25N5O2/c21-19(22)9-18(27)5-4-14-2-1-3-16(8-14)17-10-23-20(24-11-17)25-7-6-15(12-25)13-26/h1-3,8,10-11,15,26H,4-7,9,12-13H2,(H3,21,22). The molecular weight excluding hydrogens is 342 g/mol. The lowest BCUT2D eigenvalue weighted by molar-refractivity contribution is -0.117. The molecule has 4 N–H and O–H groups in total. The Labute approximate surface area is 158 Å². The van der Waals surface area contributed by atoms with Gasteiger partial charge in [0.05, 0.1) is 12.3 Å². The summed E-state index contributed by atoms with van der Waals surface area (Å²) in [5, 5.41) is 16.4. The number of anilines is 1. The number of hydrogen-bond donors (Lipinski definition) is 3. The minimum absolute atomic E-state index is 0.0165. The zero-order valence-corrected chi connectivity index (χ0v) is 15.3. The average Bonchev–Trinajstić information content (AvgIpc) is 3.15. The van der Waals surface area contributed by atoms with Gasteiger partial charge in [-0.3, -0.25) is 10.2 Å². The number of aromatic nitrogens is 2. The SMILES string of the molecule is N=C(N)CC(=O)CCc1cccc(-c2cnc(N3CCC(CO)C3)nc2)c1. The highest BCUT2D eigenvalue weighted by atomic mass is 16.3. The van der Waals surface area contributed by atoms with Crippen LogP contribution < -0.4 is 10.6 Å². The van der Waals surface area contributed by atoms with Crippen molar-refractivity contribution in [1.82, 2.24) is 9.97 Å². The number of aliphatic hydroxyl groups is 1. The number of benzene rings is 1. The van der Waals surface area contributed by atoms with E-state index in [2.05, 4.69) is 14.9 Å². The fourth-order valence-electron chi connectivity index (χ4n) is 3.29. The molecule has 2 aromatic rings. The number of nitrogens with zero attached hydrogens (tertiary/aromatic N) is 3. The lowest BCUT2D eigenvalue weighted by Crippen LogP contribution is -2.22. The van der Waals surface area contributed by atoms with Crippen LogP contribution >= 0.6 is 0 Å². The van der Waals surface area contributed by atoms with Crippen LogP contribution in [0.1, 0.15) is 24.8 Å². The molecule has 0 radical (unpaired) electrons. The van der Waals surface area contributed by atoms with Gasteiger partial charge >= 0.3 is 0 Å². The third-order valence-electron chi connectivity index (χ3n) is 4.81. The summed E-state index contributed by atoms with van der Waals surface area (Å²) in [6, 6.07) is 7.98. The molecule has 1 unspecified atom stereocenters. The number of Topliss-reactive ketones (excluding diaryl/α,β-unsaturated/α-hetero) is 1. The van der Waals surface area contributed by atoms with Gasteiger partial charge in [-0.2, -0.15) is 0 Å². The highest BCUT2D eigenvalue weighted by Gasteiger charge is 2.23. The maximum Gasteiger partial charge on any atom is 0.225 e. The number of carbonyl (C=O) groups is 1. The Bertz CT molecular complexity index is 806. The molecule has 1 saturated heterocycles. The van der Waals surface area contributed by atoms with Crippen molar-refractivity contribution >= 4 is 17.6 Å². The summed E-state index contributed by atoms with van der Waals surface area (Å²) in [5.74, 6) is 0.887. The number of rotatable bonds is 8. The molecule has 0 amide bonds. The molecule has 142 valence electrons. The summed E-state index contributed by atoms with van der Waals surface area (Å²) in [5.41, 5.74) is 8.25. The summed E-state index contributed by atoms with van der Waals surface area (Å²) in [7, 11) is 0. The fourth-order valence-corrected chi connectivity index (χ4v) is 3.29. The lowest BCUT2D eigenvalue weighted by atomic mass is 10.0. The summed E-state index contributed by atoms with van der Waals surface area (Å²) in [6.07, 6.45) is 5.60. The van der Waals surface area contributed by atoms with Crippen molar-refractivity contribution < 1.29 is 9.90 Å². The smallest absolute Gasteiger partial charge is 0.225 e. The van der Waals surface area contributed by atoms with Crippen molar-refractivity contribution in [2.75, 3.05) is 24.6 Å². The van der Waals surface area contributed by atoms with Crippen LogP contribution in [0.4, 0.5) is 5.95 Å². The van der Waals surface area contributed by atoms with Crippen LogP contribution in [0.3, 0.4) is 0 Å². The molecule has 0 bridgehead atoms. The van der Waals surface area contributed by atoms with E-state index in [0.717, 1.165) is 36.2 Å². The number of aliphatic hydroxyl groups excluding tert-OH is 1. The second kappa shape index (κ2) is 8.73. The predicted octanol–water partition coefficient (Wildman–Crippen LogP) is 1.79. The van der Waals surface area contributed by atoms with E-state index in [1.807, 2.05) is 36.7 Å². The van der Waals surface area contributed by atoms with Crippen molar-refractivity contribution in [2.24, 2.45) is 11.7 Å².